The van der Waals surface area contributed by atoms with Gasteiger partial charge in [-0.3, -0.25) is 0 Å². The SMILES string of the molecule is CCC(CC)N(CC(C)C)c1cccc2c1NCCC2. The average molecular weight is 274 g/mol. The fourth-order valence-corrected chi connectivity index (χ4v) is 3.30. The number of hydrogen-bond donors (Lipinski definition) is 1. The quantitative estimate of drug-likeness (QED) is 0.809. The molecule has 0 amide bonds. The third-order valence-electron chi connectivity index (χ3n) is 4.31. The summed E-state index contributed by atoms with van der Waals surface area (Å²) in [5.74, 6) is 0.690. The molecule has 0 atom stereocenters. The van der Waals surface area contributed by atoms with E-state index >= 15 is 0 Å². The van der Waals surface area contributed by atoms with Crippen LogP contribution in [0.25, 0.3) is 0 Å². The van der Waals surface area contributed by atoms with Gasteiger partial charge in [-0.1, -0.05) is 39.8 Å². The Kier molecular flexibility index (Phi) is 5.33. The van der Waals surface area contributed by atoms with E-state index in [-0.39, 0.29) is 0 Å². The molecule has 1 aromatic carbocycles. The van der Waals surface area contributed by atoms with Crippen molar-refractivity contribution in [2.45, 2.75) is 59.4 Å². The highest BCUT2D eigenvalue weighted by Gasteiger charge is 2.22. The smallest absolute Gasteiger partial charge is 0.0610 e. The van der Waals surface area contributed by atoms with Gasteiger partial charge in [0.2, 0.25) is 0 Å². The van der Waals surface area contributed by atoms with Gasteiger partial charge in [0.1, 0.15) is 0 Å². The second-order valence-electron chi connectivity index (χ2n) is 6.36. The Morgan fingerprint density at radius 2 is 1.95 bits per heavy atom. The van der Waals surface area contributed by atoms with Crippen molar-refractivity contribution >= 4 is 11.4 Å². The minimum atomic E-state index is 0.646. The minimum Gasteiger partial charge on any atom is -0.383 e. The van der Waals surface area contributed by atoms with Gasteiger partial charge in [-0.15, -0.1) is 0 Å². The summed E-state index contributed by atoms with van der Waals surface area (Å²) in [6.45, 7) is 11.5. The number of para-hydroxylation sites is 1. The minimum absolute atomic E-state index is 0.646. The summed E-state index contributed by atoms with van der Waals surface area (Å²) in [6.07, 6.45) is 4.90. The fourth-order valence-electron chi connectivity index (χ4n) is 3.30. The number of nitrogens with zero attached hydrogens (tertiary/aromatic N) is 1. The number of rotatable bonds is 6. The van der Waals surface area contributed by atoms with Gasteiger partial charge in [-0.25, -0.2) is 0 Å². The number of hydrogen-bond acceptors (Lipinski definition) is 2. The zero-order valence-electron chi connectivity index (χ0n) is 13.6. The van der Waals surface area contributed by atoms with Gasteiger partial charge in [0, 0.05) is 19.1 Å². The lowest BCUT2D eigenvalue weighted by Crippen LogP contribution is -2.38. The van der Waals surface area contributed by atoms with E-state index in [1.807, 2.05) is 0 Å². The van der Waals surface area contributed by atoms with Crippen LogP contribution in [0.2, 0.25) is 0 Å². The number of aryl methyl sites for hydroxylation is 1. The van der Waals surface area contributed by atoms with E-state index < -0.39 is 0 Å². The zero-order chi connectivity index (χ0) is 14.5. The van der Waals surface area contributed by atoms with Crippen LogP contribution in [0.15, 0.2) is 18.2 Å². The Labute approximate surface area is 124 Å². The van der Waals surface area contributed by atoms with Crippen molar-refractivity contribution in [3.63, 3.8) is 0 Å². The van der Waals surface area contributed by atoms with Gasteiger partial charge in [0.05, 0.1) is 11.4 Å². The van der Waals surface area contributed by atoms with E-state index in [4.69, 9.17) is 0 Å². The van der Waals surface area contributed by atoms with Gasteiger partial charge in [0.15, 0.2) is 0 Å². The van der Waals surface area contributed by atoms with Crippen molar-refractivity contribution in [1.82, 2.24) is 0 Å². The predicted octanol–water partition coefficient (Wildman–Crippen LogP) is 4.70. The second kappa shape index (κ2) is 7.01. The maximum atomic E-state index is 3.65. The van der Waals surface area contributed by atoms with Crippen molar-refractivity contribution in [2.75, 3.05) is 23.3 Å². The first-order valence-corrected chi connectivity index (χ1v) is 8.29. The first-order valence-electron chi connectivity index (χ1n) is 8.29. The Hall–Kier alpha value is -1.18. The van der Waals surface area contributed by atoms with Crippen LogP contribution in [-0.4, -0.2) is 19.1 Å². The van der Waals surface area contributed by atoms with E-state index in [1.54, 1.807) is 0 Å². The summed E-state index contributed by atoms with van der Waals surface area (Å²) in [4.78, 5) is 2.64. The maximum Gasteiger partial charge on any atom is 0.0610 e. The van der Waals surface area contributed by atoms with E-state index in [9.17, 15) is 0 Å². The summed E-state index contributed by atoms with van der Waals surface area (Å²) in [7, 11) is 0. The van der Waals surface area contributed by atoms with Crippen molar-refractivity contribution < 1.29 is 0 Å². The second-order valence-corrected chi connectivity index (χ2v) is 6.36. The van der Waals surface area contributed by atoms with E-state index in [0.29, 0.717) is 12.0 Å². The molecule has 0 saturated heterocycles. The third-order valence-corrected chi connectivity index (χ3v) is 4.31. The van der Waals surface area contributed by atoms with Crippen LogP contribution >= 0.6 is 0 Å². The first-order chi connectivity index (χ1) is 9.67. The summed E-state index contributed by atoms with van der Waals surface area (Å²) in [5, 5.41) is 3.65. The van der Waals surface area contributed by atoms with E-state index in [2.05, 4.69) is 56.1 Å². The normalized spacial score (nSPS) is 14.3. The Morgan fingerprint density at radius 3 is 2.60 bits per heavy atom. The van der Waals surface area contributed by atoms with Gasteiger partial charge in [-0.2, -0.15) is 0 Å². The number of benzene rings is 1. The molecule has 0 fully saturated rings. The molecule has 0 aromatic heterocycles. The largest absolute Gasteiger partial charge is 0.383 e. The molecular weight excluding hydrogens is 244 g/mol. The monoisotopic (exact) mass is 274 g/mol. The molecule has 1 aromatic rings. The number of nitrogens with one attached hydrogen (secondary N) is 1. The lowest BCUT2D eigenvalue weighted by atomic mass is 9.99. The molecule has 0 saturated carbocycles. The molecule has 1 aliphatic rings. The maximum absolute atomic E-state index is 3.65. The molecule has 0 aliphatic carbocycles. The molecule has 20 heavy (non-hydrogen) atoms. The molecule has 1 heterocycles. The van der Waals surface area contributed by atoms with Crippen LogP contribution in [0, 0.1) is 5.92 Å². The average Bonchev–Trinajstić information content (AvgIpc) is 2.46. The number of anilines is 2. The Morgan fingerprint density at radius 1 is 1.20 bits per heavy atom. The highest BCUT2D eigenvalue weighted by atomic mass is 15.2. The summed E-state index contributed by atoms with van der Waals surface area (Å²) in [5.41, 5.74) is 4.31. The highest BCUT2D eigenvalue weighted by Crippen LogP contribution is 2.35. The Balaban J connectivity index is 2.37. The van der Waals surface area contributed by atoms with Crippen LogP contribution in [0.1, 0.15) is 52.5 Å². The molecule has 1 aliphatic heterocycles. The van der Waals surface area contributed by atoms with Crippen LogP contribution in [0.4, 0.5) is 11.4 Å². The van der Waals surface area contributed by atoms with Crippen molar-refractivity contribution in [3.8, 4) is 0 Å². The summed E-state index contributed by atoms with van der Waals surface area (Å²) >= 11 is 0. The Bertz CT molecular complexity index is 421. The van der Waals surface area contributed by atoms with Gasteiger partial charge < -0.3 is 10.2 Å². The van der Waals surface area contributed by atoms with Crippen molar-refractivity contribution in [2.24, 2.45) is 5.92 Å². The molecule has 0 radical (unpaired) electrons. The molecule has 2 heteroatoms. The first kappa shape index (κ1) is 15.2. The van der Waals surface area contributed by atoms with Crippen molar-refractivity contribution in [1.29, 1.82) is 0 Å². The van der Waals surface area contributed by atoms with Crippen molar-refractivity contribution in [3.05, 3.63) is 23.8 Å². The summed E-state index contributed by atoms with van der Waals surface area (Å²) < 4.78 is 0. The van der Waals surface area contributed by atoms with Crippen LogP contribution < -0.4 is 10.2 Å². The molecule has 0 spiro atoms. The van der Waals surface area contributed by atoms with E-state index in [0.717, 1.165) is 13.1 Å². The molecule has 112 valence electrons. The number of fused-ring (bicyclic) bond motifs is 1. The standard InChI is InChI=1S/C18H30N2/c1-5-16(6-2)20(13-14(3)4)17-11-7-9-15-10-8-12-19-18(15)17/h7,9,11,14,16,19H,5-6,8,10,12-13H2,1-4H3. The molecule has 0 bridgehead atoms. The summed E-state index contributed by atoms with van der Waals surface area (Å²) in [6, 6.07) is 7.47. The lowest BCUT2D eigenvalue weighted by molar-refractivity contribution is 0.507. The zero-order valence-corrected chi connectivity index (χ0v) is 13.6. The molecule has 0 unspecified atom stereocenters. The highest BCUT2D eigenvalue weighted by molar-refractivity contribution is 5.75. The molecule has 2 nitrogen and oxygen atoms in total. The van der Waals surface area contributed by atoms with E-state index in [1.165, 1.54) is 42.6 Å². The third kappa shape index (κ3) is 3.28. The van der Waals surface area contributed by atoms with Crippen LogP contribution in [0.5, 0.6) is 0 Å². The topological polar surface area (TPSA) is 15.3 Å². The predicted molar refractivity (Wildman–Crippen MR) is 89.8 cm³/mol. The van der Waals surface area contributed by atoms with Gasteiger partial charge >= 0.3 is 0 Å². The fraction of sp³-hybridized carbons (Fsp3) is 0.667. The van der Waals surface area contributed by atoms with Gasteiger partial charge in [0.25, 0.3) is 0 Å². The van der Waals surface area contributed by atoms with Gasteiger partial charge in [-0.05, 0) is 43.2 Å². The lowest BCUT2D eigenvalue weighted by Gasteiger charge is -2.37. The molecule has 2 rings (SSSR count). The molecule has 1 N–H and O–H groups in total. The molecular formula is C18H30N2. The van der Waals surface area contributed by atoms with Crippen LogP contribution in [-0.2, 0) is 6.42 Å². The van der Waals surface area contributed by atoms with Crippen LogP contribution in [0.3, 0.4) is 0 Å².